The van der Waals surface area contributed by atoms with Crippen LogP contribution in [0.1, 0.15) is 19.4 Å². The maximum atomic E-state index is 10.9. The molecule has 0 fully saturated rings. The predicted molar refractivity (Wildman–Crippen MR) is 74.7 cm³/mol. The minimum atomic E-state index is -0.389. The van der Waals surface area contributed by atoms with Crippen LogP contribution in [0.25, 0.3) is 11.1 Å². The van der Waals surface area contributed by atoms with Gasteiger partial charge in [-0.1, -0.05) is 26.0 Å². The number of hydrogen-bond donors (Lipinski definition) is 0. The van der Waals surface area contributed by atoms with Crippen LogP contribution in [0.2, 0.25) is 0 Å². The monoisotopic (exact) mass is 255 g/mol. The van der Waals surface area contributed by atoms with Crippen molar-refractivity contribution < 1.29 is 4.92 Å². The van der Waals surface area contributed by atoms with Gasteiger partial charge in [0.05, 0.1) is 4.92 Å². The molecule has 0 unspecified atom stereocenters. The first-order valence-electron chi connectivity index (χ1n) is 5.94. The second-order valence-electron chi connectivity index (χ2n) is 5.11. The highest BCUT2D eigenvalue weighted by Gasteiger charge is 2.21. The van der Waals surface area contributed by atoms with Crippen LogP contribution in [0.5, 0.6) is 0 Å². The molecular formula is C15H15N2O2. The largest absolute Gasteiger partial charge is 0.270 e. The Hall–Kier alpha value is -2.23. The van der Waals surface area contributed by atoms with Gasteiger partial charge in [-0.15, -0.1) is 0 Å². The first-order chi connectivity index (χ1) is 8.89. The molecule has 4 heteroatoms. The van der Waals surface area contributed by atoms with Crippen LogP contribution in [0.4, 0.5) is 5.69 Å². The third-order valence-electron chi connectivity index (χ3n) is 2.92. The third-order valence-corrected chi connectivity index (χ3v) is 2.92. The second-order valence-corrected chi connectivity index (χ2v) is 5.11. The number of benzene rings is 1. The van der Waals surface area contributed by atoms with Gasteiger partial charge in [0.15, 0.2) is 0 Å². The molecule has 97 valence electrons. The van der Waals surface area contributed by atoms with Gasteiger partial charge in [-0.05, 0) is 29.5 Å². The summed E-state index contributed by atoms with van der Waals surface area (Å²) in [5.74, 6) is 0. The molecule has 0 amide bonds. The number of hydrogen-bond acceptors (Lipinski definition) is 3. The van der Waals surface area contributed by atoms with E-state index in [0.29, 0.717) is 0 Å². The van der Waals surface area contributed by atoms with Crippen molar-refractivity contribution in [3.05, 3.63) is 65.3 Å². The molecule has 0 aliphatic rings. The minimum Gasteiger partial charge on any atom is -0.264 e. The van der Waals surface area contributed by atoms with Crippen molar-refractivity contribution in [2.75, 3.05) is 0 Å². The van der Waals surface area contributed by atoms with Gasteiger partial charge in [0.2, 0.25) is 0 Å². The Balaban J connectivity index is 2.67. The first-order valence-corrected chi connectivity index (χ1v) is 5.94. The summed E-state index contributed by atoms with van der Waals surface area (Å²) in [5, 5.41) is 10.9. The van der Waals surface area contributed by atoms with Crippen LogP contribution in [-0.4, -0.2) is 9.91 Å². The maximum absolute atomic E-state index is 10.9. The highest BCUT2D eigenvalue weighted by Crippen LogP contribution is 2.34. The predicted octanol–water partition coefficient (Wildman–Crippen LogP) is 3.77. The van der Waals surface area contributed by atoms with E-state index in [9.17, 15) is 10.1 Å². The van der Waals surface area contributed by atoms with E-state index in [1.54, 1.807) is 24.5 Å². The van der Waals surface area contributed by atoms with Crippen LogP contribution >= 0.6 is 0 Å². The highest BCUT2D eigenvalue weighted by atomic mass is 16.6. The molecule has 2 rings (SSSR count). The van der Waals surface area contributed by atoms with Crippen molar-refractivity contribution in [2.24, 2.45) is 0 Å². The molecule has 0 atom stereocenters. The Bertz CT molecular complexity index is 601. The summed E-state index contributed by atoms with van der Waals surface area (Å²) < 4.78 is 0. The average molecular weight is 255 g/mol. The van der Waals surface area contributed by atoms with Crippen molar-refractivity contribution in [1.82, 2.24) is 4.98 Å². The zero-order valence-electron chi connectivity index (χ0n) is 11.0. The number of nitrogens with zero attached hydrogens (tertiary/aromatic N) is 2. The number of non-ortho nitro benzene ring substituents is 1. The number of nitro groups is 1. The molecule has 19 heavy (non-hydrogen) atoms. The molecule has 4 nitrogen and oxygen atoms in total. The van der Waals surface area contributed by atoms with E-state index in [0.717, 1.165) is 16.7 Å². The van der Waals surface area contributed by atoms with E-state index in [2.05, 4.69) is 11.9 Å². The van der Waals surface area contributed by atoms with Crippen molar-refractivity contribution >= 4 is 5.69 Å². The van der Waals surface area contributed by atoms with Crippen molar-refractivity contribution in [3.8, 4) is 11.1 Å². The molecule has 1 radical (unpaired) electrons. The summed E-state index contributed by atoms with van der Waals surface area (Å²) in [4.78, 5) is 14.6. The van der Waals surface area contributed by atoms with Crippen molar-refractivity contribution in [2.45, 2.75) is 19.3 Å². The van der Waals surface area contributed by atoms with Crippen LogP contribution in [0, 0.1) is 17.0 Å². The quantitative estimate of drug-likeness (QED) is 0.619. The Morgan fingerprint density at radius 3 is 2.58 bits per heavy atom. The lowest BCUT2D eigenvalue weighted by Gasteiger charge is -2.22. The second kappa shape index (κ2) is 4.80. The van der Waals surface area contributed by atoms with E-state index in [4.69, 9.17) is 0 Å². The topological polar surface area (TPSA) is 56.0 Å². The van der Waals surface area contributed by atoms with E-state index < -0.39 is 0 Å². The molecule has 1 heterocycles. The number of aromatic nitrogens is 1. The molecule has 0 saturated carbocycles. The van der Waals surface area contributed by atoms with E-state index in [-0.39, 0.29) is 16.0 Å². The summed E-state index contributed by atoms with van der Waals surface area (Å²) in [6.07, 6.45) is 3.38. The molecule has 0 saturated heterocycles. The molecule has 0 bridgehead atoms. The van der Waals surface area contributed by atoms with Gasteiger partial charge in [0, 0.05) is 30.1 Å². The van der Waals surface area contributed by atoms with Gasteiger partial charge >= 0.3 is 0 Å². The van der Waals surface area contributed by atoms with Gasteiger partial charge < -0.3 is 0 Å². The normalized spacial score (nSPS) is 11.3. The highest BCUT2D eigenvalue weighted by molar-refractivity contribution is 5.70. The van der Waals surface area contributed by atoms with Gasteiger partial charge in [0.25, 0.3) is 5.69 Å². The lowest BCUT2D eigenvalue weighted by molar-refractivity contribution is -0.384. The SMILES string of the molecule is [CH2]C(C)(C)c1ccc([N+](=O)[O-])cc1-c1cccnc1. The molecule has 0 spiro atoms. The maximum Gasteiger partial charge on any atom is 0.270 e. The van der Waals surface area contributed by atoms with E-state index in [1.807, 2.05) is 26.0 Å². The fourth-order valence-corrected chi connectivity index (χ4v) is 2.00. The standard InChI is InChI=1S/C15H15N2O2/c1-15(2,3)14-7-6-12(17(18)19)9-13(14)11-5-4-8-16-10-11/h4-10H,1H2,2-3H3. The van der Waals surface area contributed by atoms with Gasteiger partial charge in [-0.3, -0.25) is 15.1 Å². The van der Waals surface area contributed by atoms with Gasteiger partial charge in [-0.2, -0.15) is 0 Å². The zero-order chi connectivity index (χ0) is 14.0. The molecule has 0 aliphatic carbocycles. The zero-order valence-corrected chi connectivity index (χ0v) is 11.0. The number of nitro benzene ring substituents is 1. The lowest BCUT2D eigenvalue weighted by Crippen LogP contribution is -2.13. The Labute approximate surface area is 112 Å². The van der Waals surface area contributed by atoms with Gasteiger partial charge in [-0.25, -0.2) is 0 Å². The summed E-state index contributed by atoms with van der Waals surface area (Å²) in [6.45, 7) is 8.07. The fourth-order valence-electron chi connectivity index (χ4n) is 2.00. The molecule has 1 aromatic carbocycles. The molecular weight excluding hydrogens is 240 g/mol. The Morgan fingerprint density at radius 1 is 1.32 bits per heavy atom. The van der Waals surface area contributed by atoms with Crippen LogP contribution in [-0.2, 0) is 5.41 Å². The van der Waals surface area contributed by atoms with Crippen LogP contribution < -0.4 is 0 Å². The molecule has 2 aromatic rings. The Morgan fingerprint density at radius 2 is 2.05 bits per heavy atom. The van der Waals surface area contributed by atoms with Crippen LogP contribution in [0.15, 0.2) is 42.7 Å². The van der Waals surface area contributed by atoms with E-state index in [1.165, 1.54) is 6.07 Å². The van der Waals surface area contributed by atoms with Crippen molar-refractivity contribution in [3.63, 3.8) is 0 Å². The number of pyridine rings is 1. The fraction of sp³-hybridized carbons (Fsp3) is 0.200. The van der Waals surface area contributed by atoms with Crippen LogP contribution in [0.3, 0.4) is 0 Å². The molecule has 1 aromatic heterocycles. The third kappa shape index (κ3) is 2.78. The molecule has 0 N–H and O–H groups in total. The lowest BCUT2D eigenvalue weighted by atomic mass is 9.82. The smallest absolute Gasteiger partial charge is 0.264 e. The summed E-state index contributed by atoms with van der Waals surface area (Å²) in [5.41, 5.74) is 2.37. The van der Waals surface area contributed by atoms with Gasteiger partial charge in [0.1, 0.15) is 0 Å². The first kappa shape index (κ1) is 13.2. The summed E-state index contributed by atoms with van der Waals surface area (Å²) in [7, 11) is 0. The summed E-state index contributed by atoms with van der Waals surface area (Å²) in [6, 6.07) is 8.57. The van der Waals surface area contributed by atoms with Crippen molar-refractivity contribution in [1.29, 1.82) is 0 Å². The summed E-state index contributed by atoms with van der Waals surface area (Å²) >= 11 is 0. The number of rotatable bonds is 3. The minimum absolute atomic E-state index is 0.0758. The Kier molecular flexibility index (Phi) is 3.34. The average Bonchev–Trinajstić information content (AvgIpc) is 2.38. The van der Waals surface area contributed by atoms with E-state index >= 15 is 0 Å². The molecule has 0 aliphatic heterocycles.